The topological polar surface area (TPSA) is 59.4 Å². The van der Waals surface area contributed by atoms with Crippen LogP contribution in [0.25, 0.3) is 17.0 Å². The number of aromatic nitrogens is 1. The van der Waals surface area contributed by atoms with Gasteiger partial charge >= 0.3 is 0 Å². The Morgan fingerprint density at radius 1 is 0.914 bits per heavy atom. The van der Waals surface area contributed by atoms with Crippen LogP contribution in [0.4, 0.5) is 4.79 Å². The lowest BCUT2D eigenvalue weighted by Gasteiger charge is -2.11. The first-order valence-corrected chi connectivity index (χ1v) is 13.2. The van der Waals surface area contributed by atoms with Crippen LogP contribution in [-0.2, 0) is 11.3 Å². The Bertz CT molecular complexity index is 1490. The van der Waals surface area contributed by atoms with Gasteiger partial charge in [-0.1, -0.05) is 74.3 Å². The Morgan fingerprint density at radius 2 is 1.63 bits per heavy atom. The molecule has 1 aliphatic rings. The fraction of sp³-hybridized carbons (Fsp3) is 0.0741. The predicted octanol–water partition coefficient (Wildman–Crippen LogP) is 7.13. The molecule has 174 valence electrons. The molecule has 1 aliphatic heterocycles. The molecule has 1 aromatic heterocycles. The maximum absolute atomic E-state index is 13.1. The number of rotatable bonds is 6. The second-order valence-corrected chi connectivity index (χ2v) is 10.9. The van der Waals surface area contributed by atoms with Gasteiger partial charge in [-0.15, -0.1) is 0 Å². The molecule has 1 fully saturated rings. The lowest BCUT2D eigenvalue weighted by molar-refractivity contribution is -0.122. The summed E-state index contributed by atoms with van der Waals surface area (Å²) in [4.78, 5) is 39.6. The number of amides is 2. The number of Topliss-reactive ketones (excluding diaryl/α,β-unsaturated/α-hetero) is 1. The zero-order chi connectivity index (χ0) is 24.5. The van der Waals surface area contributed by atoms with Gasteiger partial charge in [0, 0.05) is 43.7 Å². The second-order valence-electron chi connectivity index (χ2n) is 8.06. The van der Waals surface area contributed by atoms with E-state index >= 15 is 0 Å². The van der Waals surface area contributed by atoms with Gasteiger partial charge in [-0.3, -0.25) is 19.3 Å². The van der Waals surface area contributed by atoms with Gasteiger partial charge in [0.25, 0.3) is 11.1 Å². The van der Waals surface area contributed by atoms with Crippen molar-refractivity contribution < 1.29 is 14.4 Å². The monoisotopic (exact) mass is 608 g/mol. The molecule has 5 nitrogen and oxygen atoms in total. The first-order chi connectivity index (χ1) is 16.9. The lowest BCUT2D eigenvalue weighted by Crippen LogP contribution is -2.33. The highest BCUT2D eigenvalue weighted by Crippen LogP contribution is 2.35. The van der Waals surface area contributed by atoms with Gasteiger partial charge in [0.2, 0.25) is 0 Å². The van der Waals surface area contributed by atoms with Crippen LogP contribution in [0.5, 0.6) is 0 Å². The summed E-state index contributed by atoms with van der Waals surface area (Å²) in [7, 11) is 0. The van der Waals surface area contributed by atoms with E-state index in [-0.39, 0.29) is 12.3 Å². The molecule has 0 aliphatic carbocycles. The molecule has 2 heterocycles. The third-order valence-corrected chi connectivity index (χ3v) is 7.63. The van der Waals surface area contributed by atoms with Crippen LogP contribution in [0.1, 0.15) is 21.5 Å². The van der Waals surface area contributed by atoms with Crippen molar-refractivity contribution in [2.75, 3.05) is 6.54 Å². The van der Waals surface area contributed by atoms with E-state index in [1.165, 1.54) is 0 Å². The average molecular weight is 610 g/mol. The van der Waals surface area contributed by atoms with Crippen molar-refractivity contribution in [3.05, 3.63) is 110 Å². The van der Waals surface area contributed by atoms with Gasteiger partial charge in [-0.2, -0.15) is 0 Å². The number of halogens is 2. The molecule has 8 heteroatoms. The van der Waals surface area contributed by atoms with Gasteiger partial charge in [-0.25, -0.2) is 0 Å². The molecule has 4 aromatic rings. The fourth-order valence-electron chi connectivity index (χ4n) is 3.97. The van der Waals surface area contributed by atoms with Crippen molar-refractivity contribution in [2.24, 2.45) is 0 Å². The molecule has 0 radical (unpaired) electrons. The minimum atomic E-state index is -0.451. The average Bonchev–Trinajstić information content (AvgIpc) is 3.32. The molecule has 5 rings (SSSR count). The van der Waals surface area contributed by atoms with Crippen molar-refractivity contribution in [1.82, 2.24) is 9.47 Å². The molecule has 0 N–H and O–H groups in total. The van der Waals surface area contributed by atoms with Crippen molar-refractivity contribution in [3.63, 3.8) is 0 Å². The summed E-state index contributed by atoms with van der Waals surface area (Å²) in [5, 5.41) is 0.522. The van der Waals surface area contributed by atoms with Crippen LogP contribution in [0, 0.1) is 0 Å². The highest BCUT2D eigenvalue weighted by molar-refractivity contribution is 9.10. The summed E-state index contributed by atoms with van der Waals surface area (Å²) >= 11 is 7.87. The molecular formula is C27H18Br2N2O3S. The maximum Gasteiger partial charge on any atom is 0.293 e. The van der Waals surface area contributed by atoms with E-state index in [1.54, 1.807) is 30.3 Å². The minimum Gasteiger partial charge on any atom is -0.342 e. The van der Waals surface area contributed by atoms with Crippen LogP contribution in [0.15, 0.2) is 92.8 Å². The van der Waals surface area contributed by atoms with E-state index in [4.69, 9.17) is 0 Å². The van der Waals surface area contributed by atoms with Crippen LogP contribution in [-0.4, -0.2) is 32.9 Å². The van der Waals surface area contributed by atoms with Crippen LogP contribution in [0.2, 0.25) is 0 Å². The molecule has 0 saturated carbocycles. The largest absolute Gasteiger partial charge is 0.342 e. The standard InChI is InChI=1S/C27H18Br2N2O3S/c28-20-8-6-17(7-9-20)14-30-15-19(22-13-21(29)10-11-23(22)30)12-25-26(33)31(27(34)35-25)16-24(32)18-4-2-1-3-5-18/h1-13,15H,14,16H2/b25-12-. The molecule has 2 amide bonds. The summed E-state index contributed by atoms with van der Waals surface area (Å²) in [5.41, 5.74) is 3.45. The van der Waals surface area contributed by atoms with E-state index in [1.807, 2.05) is 42.6 Å². The van der Waals surface area contributed by atoms with Gasteiger partial charge in [0.15, 0.2) is 5.78 Å². The highest BCUT2D eigenvalue weighted by atomic mass is 79.9. The summed E-state index contributed by atoms with van der Waals surface area (Å²) in [5.74, 6) is -0.725. The Morgan fingerprint density at radius 3 is 2.37 bits per heavy atom. The number of carbonyl (C=O) groups is 3. The summed E-state index contributed by atoms with van der Waals surface area (Å²) < 4.78 is 4.06. The van der Waals surface area contributed by atoms with Crippen molar-refractivity contribution in [1.29, 1.82) is 0 Å². The molecule has 1 saturated heterocycles. The third-order valence-electron chi connectivity index (χ3n) is 5.70. The van der Waals surface area contributed by atoms with Crippen molar-refractivity contribution in [3.8, 4) is 0 Å². The number of fused-ring (bicyclic) bond motifs is 1. The van der Waals surface area contributed by atoms with E-state index < -0.39 is 11.1 Å². The van der Waals surface area contributed by atoms with Crippen LogP contribution in [0.3, 0.4) is 0 Å². The number of carbonyl (C=O) groups excluding carboxylic acids is 3. The number of hydrogen-bond donors (Lipinski definition) is 0. The number of ketones is 1. The summed E-state index contributed by atoms with van der Waals surface area (Å²) in [6.45, 7) is 0.384. The number of benzene rings is 3. The first-order valence-electron chi connectivity index (χ1n) is 10.8. The number of thioether (sulfide) groups is 1. The normalized spacial score (nSPS) is 14.9. The predicted molar refractivity (Wildman–Crippen MR) is 146 cm³/mol. The van der Waals surface area contributed by atoms with Crippen LogP contribution < -0.4 is 0 Å². The summed E-state index contributed by atoms with van der Waals surface area (Å²) in [6, 6.07) is 22.8. The molecular weight excluding hydrogens is 592 g/mol. The zero-order valence-electron chi connectivity index (χ0n) is 18.3. The van der Waals surface area contributed by atoms with Crippen molar-refractivity contribution >= 4 is 77.5 Å². The Labute approximate surface area is 223 Å². The van der Waals surface area contributed by atoms with Gasteiger partial charge in [-0.05, 0) is 53.7 Å². The Balaban J connectivity index is 1.45. The Kier molecular flexibility index (Phi) is 6.77. The van der Waals surface area contributed by atoms with Crippen molar-refractivity contribution in [2.45, 2.75) is 6.54 Å². The van der Waals surface area contributed by atoms with E-state index in [0.29, 0.717) is 17.0 Å². The highest BCUT2D eigenvalue weighted by Gasteiger charge is 2.36. The molecule has 3 aromatic carbocycles. The zero-order valence-corrected chi connectivity index (χ0v) is 22.3. The number of nitrogens with zero attached hydrogens (tertiary/aromatic N) is 2. The van der Waals surface area contributed by atoms with Gasteiger partial charge in [0.1, 0.15) is 0 Å². The van der Waals surface area contributed by atoms with Gasteiger partial charge < -0.3 is 4.57 Å². The third kappa shape index (κ3) is 5.05. The second kappa shape index (κ2) is 9.97. The minimum absolute atomic E-state index is 0.274. The molecule has 0 atom stereocenters. The quantitative estimate of drug-likeness (QED) is 0.172. The van der Waals surface area contributed by atoms with E-state index in [9.17, 15) is 14.4 Å². The summed E-state index contributed by atoms with van der Waals surface area (Å²) in [6.07, 6.45) is 3.73. The van der Waals surface area contributed by atoms with Crippen LogP contribution >= 0.6 is 43.6 Å². The number of imide groups is 1. The maximum atomic E-state index is 13.1. The molecule has 0 unspecified atom stereocenters. The molecule has 0 bridgehead atoms. The van der Waals surface area contributed by atoms with E-state index in [2.05, 4.69) is 48.6 Å². The SMILES string of the molecule is O=C(CN1C(=O)S/C(=C\c2cn(Cc3ccc(Br)cc3)c3ccc(Br)cc23)C1=O)c1ccccc1. The van der Waals surface area contributed by atoms with E-state index in [0.717, 1.165) is 47.6 Å². The smallest absolute Gasteiger partial charge is 0.293 e. The van der Waals surface area contributed by atoms with Gasteiger partial charge in [0.05, 0.1) is 11.4 Å². The molecule has 35 heavy (non-hydrogen) atoms. The Hall–Kier alpha value is -2.94. The first kappa shape index (κ1) is 23.8. The number of hydrogen-bond acceptors (Lipinski definition) is 4. The fourth-order valence-corrected chi connectivity index (χ4v) is 5.42. The lowest BCUT2D eigenvalue weighted by atomic mass is 10.1. The molecule has 0 spiro atoms.